The molecule has 1 heterocycles. The van der Waals surface area contributed by atoms with Crippen LogP contribution in [0.15, 0.2) is 18.2 Å². The largest absolute Gasteiger partial charge is 0.399 e. The van der Waals surface area contributed by atoms with Crippen molar-refractivity contribution in [2.45, 2.75) is 30.1 Å². The average Bonchev–Trinajstić information content (AvgIpc) is 3.25. The maximum Gasteiger partial charge on any atom is 0.168 e. The van der Waals surface area contributed by atoms with E-state index in [0.717, 1.165) is 6.07 Å². The molecule has 1 aliphatic heterocycles. The standard InChI is InChI=1S/C15H19F2N3O2S/c1-14(11-6-10(18)4-5-12(11)17)8-23(21,22)15(7-16,9-2-3-9)13(19)20-14/h4-6,9H,2-3,7-8,18H2,1H3,(H2,19,20)/t14-,15-/m0/s1. The molecule has 0 amide bonds. The van der Waals surface area contributed by atoms with Crippen LogP contribution in [-0.2, 0) is 15.4 Å². The molecule has 0 aromatic heterocycles. The Balaban J connectivity index is 2.10. The van der Waals surface area contributed by atoms with Crippen LogP contribution in [-0.4, -0.2) is 31.4 Å². The molecule has 0 spiro atoms. The number of benzene rings is 1. The maximum atomic E-state index is 14.2. The number of amidine groups is 1. The predicted molar refractivity (Wildman–Crippen MR) is 84.2 cm³/mol. The van der Waals surface area contributed by atoms with E-state index in [2.05, 4.69) is 5.32 Å². The van der Waals surface area contributed by atoms with E-state index in [9.17, 15) is 17.2 Å². The summed E-state index contributed by atoms with van der Waals surface area (Å²) in [6, 6.07) is 3.89. The molecule has 2 atom stereocenters. The van der Waals surface area contributed by atoms with Gasteiger partial charge in [-0.15, -0.1) is 0 Å². The monoisotopic (exact) mass is 343 g/mol. The fourth-order valence-corrected chi connectivity index (χ4v) is 5.98. The van der Waals surface area contributed by atoms with Gasteiger partial charge in [-0.1, -0.05) is 0 Å². The van der Waals surface area contributed by atoms with Gasteiger partial charge in [0, 0.05) is 11.3 Å². The van der Waals surface area contributed by atoms with Crippen LogP contribution < -0.4 is 11.1 Å². The lowest BCUT2D eigenvalue weighted by Gasteiger charge is -2.45. The zero-order chi connectivity index (χ0) is 17.0. The summed E-state index contributed by atoms with van der Waals surface area (Å²) in [5.74, 6) is -1.87. The number of nitrogens with one attached hydrogen (secondary N) is 2. The van der Waals surface area contributed by atoms with Crippen LogP contribution in [0.1, 0.15) is 25.3 Å². The lowest BCUT2D eigenvalue weighted by atomic mass is 9.90. The SMILES string of the molecule is C[C@@]1(c2cc(N)ccc2F)CS(=O)(=O)[C@@](CF)(C2CC2)C(=N)N1. The van der Waals surface area contributed by atoms with E-state index in [1.807, 2.05) is 0 Å². The third kappa shape index (κ3) is 2.22. The number of anilines is 1. The molecule has 1 saturated carbocycles. The third-order valence-electron chi connectivity index (χ3n) is 4.88. The Morgan fingerprint density at radius 3 is 2.61 bits per heavy atom. The number of sulfone groups is 1. The maximum absolute atomic E-state index is 14.2. The van der Waals surface area contributed by atoms with Gasteiger partial charge in [-0.25, -0.2) is 17.2 Å². The molecule has 0 unspecified atom stereocenters. The summed E-state index contributed by atoms with van der Waals surface area (Å²) >= 11 is 0. The molecule has 1 aliphatic carbocycles. The zero-order valence-electron chi connectivity index (χ0n) is 12.7. The van der Waals surface area contributed by atoms with Gasteiger partial charge in [0.15, 0.2) is 14.6 Å². The molecule has 1 saturated heterocycles. The van der Waals surface area contributed by atoms with Crippen LogP contribution in [0.2, 0.25) is 0 Å². The summed E-state index contributed by atoms with van der Waals surface area (Å²) in [4.78, 5) is 0. The van der Waals surface area contributed by atoms with E-state index in [1.54, 1.807) is 0 Å². The van der Waals surface area contributed by atoms with Crippen molar-refractivity contribution in [3.05, 3.63) is 29.6 Å². The van der Waals surface area contributed by atoms with Gasteiger partial charge in [0.1, 0.15) is 18.3 Å². The number of hydrogen-bond acceptors (Lipinski definition) is 4. The molecule has 1 aromatic carbocycles. The van der Waals surface area contributed by atoms with Crippen LogP contribution in [0.25, 0.3) is 0 Å². The quantitative estimate of drug-likeness (QED) is 0.728. The molecule has 0 bridgehead atoms. The van der Waals surface area contributed by atoms with Gasteiger partial charge in [0.25, 0.3) is 0 Å². The summed E-state index contributed by atoms with van der Waals surface area (Å²) in [5, 5.41) is 10.9. The van der Waals surface area contributed by atoms with Crippen LogP contribution in [0, 0.1) is 17.1 Å². The van der Waals surface area contributed by atoms with Gasteiger partial charge >= 0.3 is 0 Å². The Labute approximate surface area is 133 Å². The molecule has 1 aromatic rings. The van der Waals surface area contributed by atoms with E-state index in [1.165, 1.54) is 19.1 Å². The Morgan fingerprint density at radius 2 is 2.09 bits per heavy atom. The van der Waals surface area contributed by atoms with Crippen LogP contribution >= 0.6 is 0 Å². The third-order valence-corrected chi connectivity index (χ3v) is 7.59. The van der Waals surface area contributed by atoms with Gasteiger partial charge in [0.2, 0.25) is 0 Å². The van der Waals surface area contributed by atoms with Crippen molar-refractivity contribution in [2.24, 2.45) is 5.92 Å². The zero-order valence-corrected chi connectivity index (χ0v) is 13.5. The minimum atomic E-state index is -3.98. The molecular weight excluding hydrogens is 324 g/mol. The lowest BCUT2D eigenvalue weighted by molar-refractivity contribution is 0.358. The first kappa shape index (κ1) is 16.2. The number of rotatable bonds is 3. The molecule has 126 valence electrons. The van der Waals surface area contributed by atoms with E-state index in [-0.39, 0.29) is 17.2 Å². The lowest BCUT2D eigenvalue weighted by Crippen LogP contribution is -2.68. The molecule has 5 nitrogen and oxygen atoms in total. The van der Waals surface area contributed by atoms with E-state index in [0.29, 0.717) is 12.8 Å². The normalized spacial score (nSPS) is 33.3. The van der Waals surface area contributed by atoms with Crippen molar-refractivity contribution in [3.63, 3.8) is 0 Å². The fraction of sp³-hybridized carbons (Fsp3) is 0.533. The number of nitrogens with two attached hydrogens (primary N) is 1. The molecule has 4 N–H and O–H groups in total. The van der Waals surface area contributed by atoms with Crippen LogP contribution in [0.3, 0.4) is 0 Å². The minimum Gasteiger partial charge on any atom is -0.399 e. The van der Waals surface area contributed by atoms with Crippen molar-refractivity contribution >= 4 is 21.4 Å². The Kier molecular flexibility index (Phi) is 3.44. The van der Waals surface area contributed by atoms with E-state index < -0.39 is 44.2 Å². The summed E-state index contributed by atoms with van der Waals surface area (Å²) in [7, 11) is -3.98. The highest BCUT2D eigenvalue weighted by Crippen LogP contribution is 2.49. The van der Waals surface area contributed by atoms with Crippen molar-refractivity contribution in [1.29, 1.82) is 5.41 Å². The Morgan fingerprint density at radius 1 is 1.43 bits per heavy atom. The van der Waals surface area contributed by atoms with Gasteiger partial charge in [0.05, 0.1) is 11.3 Å². The summed E-state index contributed by atoms with van der Waals surface area (Å²) in [5.41, 5.74) is 4.67. The minimum absolute atomic E-state index is 0.0640. The molecule has 2 aliphatic rings. The average molecular weight is 343 g/mol. The van der Waals surface area contributed by atoms with Gasteiger partial charge in [-0.05, 0) is 43.9 Å². The van der Waals surface area contributed by atoms with Crippen molar-refractivity contribution in [2.75, 3.05) is 18.2 Å². The predicted octanol–water partition coefficient (Wildman–Crippen LogP) is 1.74. The molecule has 3 rings (SSSR count). The van der Waals surface area contributed by atoms with Gasteiger partial charge < -0.3 is 11.1 Å². The number of nitrogen functional groups attached to an aromatic ring is 1. The van der Waals surface area contributed by atoms with E-state index in [4.69, 9.17) is 11.1 Å². The number of halogens is 2. The molecule has 8 heteroatoms. The first-order valence-corrected chi connectivity index (χ1v) is 9.02. The second kappa shape index (κ2) is 4.90. The number of hydrogen-bond donors (Lipinski definition) is 3. The van der Waals surface area contributed by atoms with Gasteiger partial charge in [-0.2, -0.15) is 0 Å². The molecule has 23 heavy (non-hydrogen) atoms. The van der Waals surface area contributed by atoms with Crippen LogP contribution in [0.4, 0.5) is 14.5 Å². The highest BCUT2D eigenvalue weighted by Gasteiger charge is 2.63. The second-order valence-electron chi connectivity index (χ2n) is 6.63. The molecular formula is C15H19F2N3O2S. The number of alkyl halides is 1. The smallest absolute Gasteiger partial charge is 0.168 e. The highest BCUT2D eigenvalue weighted by atomic mass is 32.2. The first-order chi connectivity index (χ1) is 10.7. The summed E-state index contributed by atoms with van der Waals surface area (Å²) in [6.45, 7) is 0.354. The van der Waals surface area contributed by atoms with Crippen molar-refractivity contribution < 1.29 is 17.2 Å². The summed E-state index contributed by atoms with van der Waals surface area (Å²) in [6.07, 6.45) is 1.16. The molecule has 2 fully saturated rings. The fourth-order valence-electron chi connectivity index (χ4n) is 3.46. The second-order valence-corrected chi connectivity index (χ2v) is 8.87. The summed E-state index contributed by atoms with van der Waals surface area (Å²) < 4.78 is 51.8. The first-order valence-electron chi connectivity index (χ1n) is 7.37. The van der Waals surface area contributed by atoms with Crippen molar-refractivity contribution in [1.82, 2.24) is 5.32 Å². The highest BCUT2D eigenvalue weighted by molar-refractivity contribution is 7.93. The topological polar surface area (TPSA) is 96.0 Å². The Bertz CT molecular complexity index is 779. The van der Waals surface area contributed by atoms with Gasteiger partial charge in [-0.3, -0.25) is 5.41 Å². The van der Waals surface area contributed by atoms with Crippen molar-refractivity contribution in [3.8, 4) is 0 Å². The van der Waals surface area contributed by atoms with E-state index >= 15 is 0 Å². The van der Waals surface area contributed by atoms with Crippen LogP contribution in [0.5, 0.6) is 0 Å². The Hall–Kier alpha value is -1.70. The molecule has 0 radical (unpaired) electrons.